The van der Waals surface area contributed by atoms with Gasteiger partial charge in [0.2, 0.25) is 0 Å². The lowest BCUT2D eigenvalue weighted by Gasteiger charge is -2.22. The zero-order valence-electron chi connectivity index (χ0n) is 12.8. The number of hydrogen-bond acceptors (Lipinski definition) is 3. The van der Waals surface area contributed by atoms with Crippen molar-refractivity contribution in [2.24, 2.45) is 0 Å². The molecule has 1 aromatic carbocycles. The Hall–Kier alpha value is -1.06. The Morgan fingerprint density at radius 1 is 1.32 bits per heavy atom. The molecule has 19 heavy (non-hydrogen) atoms. The van der Waals surface area contributed by atoms with Crippen molar-refractivity contribution in [2.75, 3.05) is 20.8 Å². The van der Waals surface area contributed by atoms with E-state index in [4.69, 9.17) is 9.47 Å². The van der Waals surface area contributed by atoms with Gasteiger partial charge in [-0.1, -0.05) is 31.0 Å². The summed E-state index contributed by atoms with van der Waals surface area (Å²) in [6, 6.07) is 6.41. The van der Waals surface area contributed by atoms with Gasteiger partial charge in [0.15, 0.2) is 0 Å². The average molecular weight is 265 g/mol. The highest BCUT2D eigenvalue weighted by Crippen LogP contribution is 2.26. The molecule has 0 fully saturated rings. The third-order valence-corrected chi connectivity index (χ3v) is 3.35. The summed E-state index contributed by atoms with van der Waals surface area (Å²) in [5.41, 5.74) is 2.39. The fraction of sp³-hybridized carbons (Fsp3) is 0.625. The van der Waals surface area contributed by atoms with Crippen molar-refractivity contribution >= 4 is 0 Å². The van der Waals surface area contributed by atoms with Crippen LogP contribution in [0.5, 0.6) is 5.75 Å². The Morgan fingerprint density at radius 3 is 2.63 bits per heavy atom. The van der Waals surface area contributed by atoms with E-state index in [-0.39, 0.29) is 6.04 Å². The van der Waals surface area contributed by atoms with Crippen LogP contribution in [0, 0.1) is 6.92 Å². The maximum Gasteiger partial charge on any atom is 0.123 e. The molecule has 0 heterocycles. The van der Waals surface area contributed by atoms with E-state index in [1.807, 2.05) is 13.1 Å². The topological polar surface area (TPSA) is 30.5 Å². The average Bonchev–Trinajstić information content (AvgIpc) is 2.40. The van der Waals surface area contributed by atoms with E-state index in [9.17, 15) is 0 Å². The van der Waals surface area contributed by atoms with Crippen molar-refractivity contribution in [3.63, 3.8) is 0 Å². The van der Waals surface area contributed by atoms with E-state index >= 15 is 0 Å². The Morgan fingerprint density at radius 2 is 2.05 bits per heavy atom. The Bertz CT molecular complexity index is 379. The van der Waals surface area contributed by atoms with Gasteiger partial charge in [0.25, 0.3) is 0 Å². The summed E-state index contributed by atoms with van der Waals surface area (Å²) in [6.07, 6.45) is 2.55. The molecule has 0 aliphatic carbocycles. The minimum Gasteiger partial charge on any atom is -0.496 e. The van der Waals surface area contributed by atoms with Gasteiger partial charge in [0.1, 0.15) is 5.75 Å². The molecule has 1 rings (SSSR count). The second-order valence-corrected chi connectivity index (χ2v) is 5.02. The molecule has 0 aromatic heterocycles. The zero-order chi connectivity index (χ0) is 14.3. The number of rotatable bonds is 8. The Balaban J connectivity index is 2.76. The van der Waals surface area contributed by atoms with Crippen molar-refractivity contribution in [1.82, 2.24) is 5.32 Å². The first-order valence-electron chi connectivity index (χ1n) is 7.05. The van der Waals surface area contributed by atoms with Gasteiger partial charge in [0, 0.05) is 5.56 Å². The van der Waals surface area contributed by atoms with Crippen LogP contribution in [0.25, 0.3) is 0 Å². The van der Waals surface area contributed by atoms with Crippen molar-refractivity contribution in [3.05, 3.63) is 29.3 Å². The van der Waals surface area contributed by atoms with Crippen LogP contribution >= 0.6 is 0 Å². The van der Waals surface area contributed by atoms with Crippen molar-refractivity contribution in [1.29, 1.82) is 0 Å². The maximum absolute atomic E-state index is 5.91. The highest BCUT2D eigenvalue weighted by molar-refractivity contribution is 5.39. The molecule has 0 bridgehead atoms. The van der Waals surface area contributed by atoms with E-state index < -0.39 is 0 Å². The summed E-state index contributed by atoms with van der Waals surface area (Å²) in [5.74, 6) is 0.914. The Labute approximate surface area is 117 Å². The van der Waals surface area contributed by atoms with Crippen molar-refractivity contribution in [2.45, 2.75) is 45.8 Å². The van der Waals surface area contributed by atoms with Gasteiger partial charge in [-0.3, -0.25) is 0 Å². The van der Waals surface area contributed by atoms with Crippen molar-refractivity contribution < 1.29 is 9.47 Å². The van der Waals surface area contributed by atoms with Crippen LogP contribution in [-0.2, 0) is 4.74 Å². The maximum atomic E-state index is 5.91. The molecule has 0 amide bonds. The molecule has 0 aliphatic heterocycles. The number of likely N-dealkylation sites (N-methyl/N-ethyl adjacent to an activating group) is 1. The molecule has 2 atom stereocenters. The second kappa shape index (κ2) is 8.18. The summed E-state index contributed by atoms with van der Waals surface area (Å²) < 4.78 is 11.4. The first-order valence-corrected chi connectivity index (χ1v) is 7.05. The van der Waals surface area contributed by atoms with Gasteiger partial charge in [-0.2, -0.15) is 0 Å². The fourth-order valence-electron chi connectivity index (χ4n) is 2.21. The van der Waals surface area contributed by atoms with E-state index in [0.29, 0.717) is 12.7 Å². The highest BCUT2D eigenvalue weighted by Gasteiger charge is 2.16. The molecule has 0 spiro atoms. The molecule has 0 saturated heterocycles. The summed E-state index contributed by atoms with van der Waals surface area (Å²) in [4.78, 5) is 0. The van der Waals surface area contributed by atoms with Gasteiger partial charge in [-0.05, 0) is 33.4 Å². The molecular weight excluding hydrogens is 238 g/mol. The normalized spacial score (nSPS) is 14.2. The predicted octanol–water partition coefficient (Wildman–Crippen LogP) is 3.47. The van der Waals surface area contributed by atoms with E-state index in [2.05, 4.69) is 38.2 Å². The first-order chi connectivity index (χ1) is 9.12. The quantitative estimate of drug-likeness (QED) is 0.780. The summed E-state index contributed by atoms with van der Waals surface area (Å²) in [7, 11) is 3.67. The van der Waals surface area contributed by atoms with Gasteiger partial charge in [0.05, 0.1) is 25.9 Å². The molecular formula is C16H27NO2. The van der Waals surface area contributed by atoms with E-state index in [0.717, 1.165) is 24.2 Å². The molecule has 0 saturated carbocycles. The number of benzene rings is 1. The third kappa shape index (κ3) is 4.84. The zero-order valence-corrected chi connectivity index (χ0v) is 12.8. The van der Waals surface area contributed by atoms with E-state index in [1.54, 1.807) is 7.11 Å². The SMILES string of the molecule is CCCC(C)OCC(NC)c1cc(C)ccc1OC. The van der Waals surface area contributed by atoms with Crippen LogP contribution in [0.4, 0.5) is 0 Å². The largest absolute Gasteiger partial charge is 0.496 e. The number of aryl methyl sites for hydroxylation is 1. The van der Waals surface area contributed by atoms with Crippen molar-refractivity contribution in [3.8, 4) is 5.75 Å². The third-order valence-electron chi connectivity index (χ3n) is 3.35. The number of hydrogen-bond donors (Lipinski definition) is 1. The molecule has 0 radical (unpaired) electrons. The van der Waals surface area contributed by atoms with Crippen LogP contribution in [0.15, 0.2) is 18.2 Å². The predicted molar refractivity (Wildman–Crippen MR) is 79.9 cm³/mol. The van der Waals surface area contributed by atoms with Gasteiger partial charge >= 0.3 is 0 Å². The lowest BCUT2D eigenvalue weighted by atomic mass is 10.0. The summed E-state index contributed by atoms with van der Waals surface area (Å²) in [6.45, 7) is 7.07. The fourth-order valence-corrected chi connectivity index (χ4v) is 2.21. The van der Waals surface area contributed by atoms with Gasteiger partial charge in [-0.25, -0.2) is 0 Å². The minimum atomic E-state index is 0.161. The van der Waals surface area contributed by atoms with Crippen LogP contribution < -0.4 is 10.1 Å². The smallest absolute Gasteiger partial charge is 0.123 e. The first kappa shape index (κ1) is 16.0. The molecule has 3 heteroatoms. The molecule has 3 nitrogen and oxygen atoms in total. The minimum absolute atomic E-state index is 0.161. The number of methoxy groups -OCH3 is 1. The van der Waals surface area contributed by atoms with Gasteiger partial charge in [-0.15, -0.1) is 0 Å². The molecule has 2 unspecified atom stereocenters. The number of nitrogens with one attached hydrogen (secondary N) is 1. The molecule has 108 valence electrons. The standard InChI is InChI=1S/C16H27NO2/c1-6-7-13(3)19-11-15(17-4)14-10-12(2)8-9-16(14)18-5/h8-10,13,15,17H,6-7,11H2,1-5H3. The second-order valence-electron chi connectivity index (χ2n) is 5.02. The van der Waals surface area contributed by atoms with Crippen LogP contribution in [0.3, 0.4) is 0 Å². The monoisotopic (exact) mass is 265 g/mol. The van der Waals surface area contributed by atoms with Gasteiger partial charge < -0.3 is 14.8 Å². The highest BCUT2D eigenvalue weighted by atomic mass is 16.5. The van der Waals surface area contributed by atoms with E-state index in [1.165, 1.54) is 5.56 Å². The Kier molecular flexibility index (Phi) is 6.89. The molecule has 0 aliphatic rings. The lowest BCUT2D eigenvalue weighted by Crippen LogP contribution is -2.24. The molecule has 1 N–H and O–H groups in total. The lowest BCUT2D eigenvalue weighted by molar-refractivity contribution is 0.0449. The molecule has 1 aromatic rings. The summed E-state index contributed by atoms with van der Waals surface area (Å²) >= 11 is 0. The number of ether oxygens (including phenoxy) is 2. The van der Waals surface area contributed by atoms with Crippen LogP contribution in [0.1, 0.15) is 43.9 Å². The van der Waals surface area contributed by atoms with Crippen LogP contribution in [-0.4, -0.2) is 26.9 Å². The van der Waals surface area contributed by atoms with Crippen LogP contribution in [0.2, 0.25) is 0 Å². The summed E-state index contributed by atoms with van der Waals surface area (Å²) in [5, 5.41) is 3.31.